The molecule has 0 fully saturated rings. The summed E-state index contributed by atoms with van der Waals surface area (Å²) in [5.41, 5.74) is 6.17. The molecule has 0 saturated carbocycles. The molecule has 0 saturated heterocycles. The Balaban J connectivity index is 1.57. The third-order valence-electron chi connectivity index (χ3n) is 5.33. The number of carbonyl (C=O) groups excluding carboxylic acids is 2. The Hall–Kier alpha value is -4.19. The first-order chi connectivity index (χ1) is 16.2. The second-order valence-corrected chi connectivity index (χ2v) is 7.52. The molecular weight excluding hydrogens is 414 g/mol. The lowest BCUT2D eigenvalue weighted by atomic mass is 9.91. The summed E-state index contributed by atoms with van der Waals surface area (Å²) in [4.78, 5) is 25.1. The van der Waals surface area contributed by atoms with E-state index in [4.69, 9.17) is 4.74 Å². The molecule has 0 atom stereocenters. The fourth-order valence-corrected chi connectivity index (χ4v) is 3.87. The van der Waals surface area contributed by atoms with E-state index in [-0.39, 0.29) is 18.4 Å². The molecule has 6 heteroatoms. The van der Waals surface area contributed by atoms with Crippen LogP contribution in [0.3, 0.4) is 0 Å². The number of nitrogens with one attached hydrogen (secondary N) is 1. The number of hydrogen-bond acceptors (Lipinski definition) is 4. The lowest BCUT2D eigenvalue weighted by Gasteiger charge is -2.16. The van der Waals surface area contributed by atoms with Gasteiger partial charge in [0.1, 0.15) is 6.54 Å². The first kappa shape index (κ1) is 22.0. The number of amides is 1. The van der Waals surface area contributed by atoms with Gasteiger partial charge in [-0.15, -0.1) is 0 Å². The molecule has 4 rings (SSSR count). The van der Waals surface area contributed by atoms with Gasteiger partial charge in [-0.25, -0.2) is 5.43 Å². The molecule has 6 nitrogen and oxygen atoms in total. The van der Waals surface area contributed by atoms with Crippen molar-refractivity contribution in [2.24, 2.45) is 5.10 Å². The normalized spacial score (nSPS) is 11.2. The summed E-state index contributed by atoms with van der Waals surface area (Å²) < 4.78 is 6.90. The molecule has 0 aliphatic carbocycles. The average molecular weight is 440 g/mol. The van der Waals surface area contributed by atoms with E-state index in [2.05, 4.69) is 10.5 Å². The highest BCUT2D eigenvalue weighted by Gasteiger charge is 2.22. The summed E-state index contributed by atoms with van der Waals surface area (Å²) in [6.45, 7) is 2.23. The third-order valence-corrected chi connectivity index (χ3v) is 5.33. The fourth-order valence-electron chi connectivity index (χ4n) is 3.87. The standard InChI is InChI=1S/C27H25N3O3/c1-2-33-25(31)19-30-18-22(23-15-9-10-16-24(23)30)17-28-29-27(32)26(20-11-5-3-6-12-20)21-13-7-4-8-14-21/h3-18,26H,2,19H2,1H3,(H,29,32)/b28-17-. The molecule has 33 heavy (non-hydrogen) atoms. The summed E-state index contributed by atoms with van der Waals surface area (Å²) in [6, 6.07) is 27.0. The van der Waals surface area contributed by atoms with Gasteiger partial charge in [0.25, 0.3) is 5.91 Å². The van der Waals surface area contributed by atoms with Gasteiger partial charge in [-0.2, -0.15) is 5.10 Å². The first-order valence-electron chi connectivity index (χ1n) is 10.8. The number of ether oxygens (including phenoxy) is 1. The molecule has 0 radical (unpaired) electrons. The first-order valence-corrected chi connectivity index (χ1v) is 10.8. The highest BCUT2D eigenvalue weighted by atomic mass is 16.5. The molecule has 1 amide bonds. The van der Waals surface area contributed by atoms with Gasteiger partial charge in [-0.05, 0) is 24.1 Å². The Labute approximate surface area is 192 Å². The number of fused-ring (bicyclic) bond motifs is 1. The molecule has 3 aromatic carbocycles. The number of esters is 1. The van der Waals surface area contributed by atoms with Crippen LogP contribution in [0.5, 0.6) is 0 Å². The predicted octanol–water partition coefficient (Wildman–Crippen LogP) is 4.49. The van der Waals surface area contributed by atoms with Gasteiger partial charge < -0.3 is 9.30 Å². The molecule has 1 heterocycles. The van der Waals surface area contributed by atoms with Gasteiger partial charge in [-0.3, -0.25) is 9.59 Å². The number of aromatic nitrogens is 1. The molecule has 0 aliphatic rings. The molecule has 0 unspecified atom stereocenters. The number of rotatable bonds is 8. The van der Waals surface area contributed by atoms with Crippen molar-refractivity contribution in [3.63, 3.8) is 0 Å². The van der Waals surface area contributed by atoms with Crippen LogP contribution in [0.4, 0.5) is 0 Å². The summed E-state index contributed by atoms with van der Waals surface area (Å²) in [7, 11) is 0. The van der Waals surface area contributed by atoms with Crippen molar-refractivity contribution in [1.29, 1.82) is 0 Å². The topological polar surface area (TPSA) is 72.7 Å². The van der Waals surface area contributed by atoms with Gasteiger partial charge in [0.15, 0.2) is 0 Å². The van der Waals surface area contributed by atoms with Crippen LogP contribution in [-0.4, -0.2) is 29.3 Å². The number of benzene rings is 3. The summed E-state index contributed by atoms with van der Waals surface area (Å²) >= 11 is 0. The van der Waals surface area contributed by atoms with Gasteiger partial charge >= 0.3 is 5.97 Å². The molecule has 0 spiro atoms. The number of nitrogens with zero attached hydrogens (tertiary/aromatic N) is 2. The van der Waals surface area contributed by atoms with E-state index < -0.39 is 5.92 Å². The van der Waals surface area contributed by atoms with Gasteiger partial charge in [0.2, 0.25) is 0 Å². The van der Waals surface area contributed by atoms with E-state index in [1.54, 1.807) is 13.1 Å². The van der Waals surface area contributed by atoms with Crippen LogP contribution in [-0.2, 0) is 20.9 Å². The number of hydrazone groups is 1. The van der Waals surface area contributed by atoms with Crippen LogP contribution >= 0.6 is 0 Å². The second-order valence-electron chi connectivity index (χ2n) is 7.52. The van der Waals surface area contributed by atoms with Crippen LogP contribution in [0, 0.1) is 0 Å². The Bertz CT molecular complexity index is 1220. The number of para-hydroxylation sites is 1. The summed E-state index contributed by atoms with van der Waals surface area (Å²) in [5, 5.41) is 5.17. The predicted molar refractivity (Wildman–Crippen MR) is 129 cm³/mol. The van der Waals surface area contributed by atoms with Crippen molar-refractivity contribution in [3.8, 4) is 0 Å². The maximum absolute atomic E-state index is 13.1. The van der Waals surface area contributed by atoms with Gasteiger partial charge in [0.05, 0.1) is 18.7 Å². The Morgan fingerprint density at radius 2 is 1.55 bits per heavy atom. The third kappa shape index (κ3) is 5.18. The number of hydrogen-bond donors (Lipinski definition) is 1. The molecule has 4 aromatic rings. The summed E-state index contributed by atoms with van der Waals surface area (Å²) in [6.07, 6.45) is 3.44. The molecular formula is C27H25N3O3. The SMILES string of the molecule is CCOC(=O)Cn1cc(/C=N\NC(=O)C(c2ccccc2)c2ccccc2)c2ccccc21. The minimum atomic E-state index is -0.477. The highest BCUT2D eigenvalue weighted by molar-refractivity contribution is 6.00. The van der Waals surface area contributed by atoms with Crippen molar-refractivity contribution < 1.29 is 14.3 Å². The lowest BCUT2D eigenvalue weighted by Crippen LogP contribution is -2.26. The zero-order valence-electron chi connectivity index (χ0n) is 18.3. The maximum Gasteiger partial charge on any atom is 0.325 e. The van der Waals surface area contributed by atoms with Crippen LogP contribution in [0.15, 0.2) is 96.2 Å². The zero-order chi connectivity index (χ0) is 23.0. The maximum atomic E-state index is 13.1. The highest BCUT2D eigenvalue weighted by Crippen LogP contribution is 2.25. The van der Waals surface area contributed by atoms with Crippen LogP contribution in [0.2, 0.25) is 0 Å². The Morgan fingerprint density at radius 1 is 0.939 bits per heavy atom. The van der Waals surface area contributed by atoms with E-state index in [0.717, 1.165) is 27.6 Å². The number of carbonyl (C=O) groups is 2. The van der Waals surface area contributed by atoms with Crippen molar-refractivity contribution in [1.82, 2.24) is 9.99 Å². The minimum absolute atomic E-state index is 0.110. The van der Waals surface area contributed by atoms with Gasteiger partial charge in [0, 0.05) is 22.7 Å². The average Bonchev–Trinajstić information content (AvgIpc) is 3.18. The van der Waals surface area contributed by atoms with Crippen molar-refractivity contribution in [2.45, 2.75) is 19.4 Å². The molecule has 1 aromatic heterocycles. The Kier molecular flexibility index (Phi) is 6.95. The van der Waals surface area contributed by atoms with Crippen LogP contribution in [0.1, 0.15) is 29.5 Å². The van der Waals surface area contributed by atoms with E-state index in [0.29, 0.717) is 6.61 Å². The van der Waals surface area contributed by atoms with Crippen LogP contribution in [0.25, 0.3) is 10.9 Å². The molecule has 0 aliphatic heterocycles. The van der Waals surface area contributed by atoms with E-state index in [1.165, 1.54) is 0 Å². The van der Waals surface area contributed by atoms with Crippen molar-refractivity contribution >= 4 is 29.0 Å². The molecule has 1 N–H and O–H groups in total. The smallest absolute Gasteiger partial charge is 0.325 e. The summed E-state index contributed by atoms with van der Waals surface area (Å²) in [5.74, 6) is -1.00. The van der Waals surface area contributed by atoms with Crippen molar-refractivity contribution in [3.05, 3.63) is 108 Å². The fraction of sp³-hybridized carbons (Fsp3) is 0.148. The minimum Gasteiger partial charge on any atom is -0.465 e. The van der Waals surface area contributed by atoms with Gasteiger partial charge in [-0.1, -0.05) is 78.9 Å². The lowest BCUT2D eigenvalue weighted by molar-refractivity contribution is -0.143. The second kappa shape index (κ2) is 10.4. The quantitative estimate of drug-likeness (QED) is 0.250. The molecule has 0 bridgehead atoms. The largest absolute Gasteiger partial charge is 0.465 e. The van der Waals surface area contributed by atoms with Crippen LogP contribution < -0.4 is 5.43 Å². The Morgan fingerprint density at radius 3 is 2.18 bits per heavy atom. The van der Waals surface area contributed by atoms with E-state index >= 15 is 0 Å². The van der Waals surface area contributed by atoms with E-state index in [1.807, 2.05) is 95.7 Å². The monoisotopic (exact) mass is 439 g/mol. The van der Waals surface area contributed by atoms with Crippen molar-refractivity contribution in [2.75, 3.05) is 6.61 Å². The zero-order valence-corrected chi connectivity index (χ0v) is 18.3. The van der Waals surface area contributed by atoms with E-state index in [9.17, 15) is 9.59 Å². The molecule has 166 valence electrons.